The molecule has 0 aliphatic carbocycles. The van der Waals surface area contributed by atoms with Crippen LogP contribution in [0.3, 0.4) is 0 Å². The number of hydrogen-bond donors (Lipinski definition) is 6. The monoisotopic (exact) mass is 435 g/mol. The third kappa shape index (κ3) is 430. The fourth-order valence-electron chi connectivity index (χ4n) is 0. The molecule has 1 radical (unpaired) electrons. The quantitative estimate of drug-likeness (QED) is 0.217. The topological polar surface area (TPSA) is 210 Å². The molecule has 0 fully saturated rings. The second-order valence-electron chi connectivity index (χ2n) is 0. The molecule has 0 aromatic carbocycles. The van der Waals surface area contributed by atoms with Crippen molar-refractivity contribution >= 4 is 0 Å². The van der Waals surface area contributed by atoms with Crippen molar-refractivity contribution < 1.29 is 69.7 Å². The summed E-state index contributed by atoms with van der Waals surface area (Å²) in [4.78, 5) is 0. The Labute approximate surface area is 106 Å². The molecular formula is H18Cl4IrN6-4. The predicted octanol–water partition coefficient (Wildman–Crippen LogP) is -11.0. The zero-order chi connectivity index (χ0) is 0. The number of hydrogen-bond acceptors (Lipinski definition) is 6. The van der Waals surface area contributed by atoms with E-state index in [1.54, 1.807) is 0 Å². The summed E-state index contributed by atoms with van der Waals surface area (Å²) in [5.41, 5.74) is 0. The summed E-state index contributed by atoms with van der Waals surface area (Å²) < 4.78 is 0. The van der Waals surface area contributed by atoms with Crippen molar-refractivity contribution in [3.63, 3.8) is 0 Å². The molecule has 0 aromatic rings. The summed E-state index contributed by atoms with van der Waals surface area (Å²) >= 11 is 0. The molecule has 0 atom stereocenters. The SMILES string of the molecule is N.N.N.N.N.N.[Cl-].[Cl-].[Cl-].[Cl-].[Ir]. The molecule has 0 aliphatic rings. The van der Waals surface area contributed by atoms with Crippen LogP contribution in [-0.2, 0) is 20.1 Å². The van der Waals surface area contributed by atoms with Crippen LogP contribution in [0.25, 0.3) is 0 Å². The maximum absolute atomic E-state index is 0. The van der Waals surface area contributed by atoms with Gasteiger partial charge in [0.25, 0.3) is 0 Å². The van der Waals surface area contributed by atoms with Gasteiger partial charge in [-0.2, -0.15) is 0 Å². The zero-order valence-corrected chi connectivity index (χ0v) is 11.5. The van der Waals surface area contributed by atoms with Gasteiger partial charge in [-0.25, -0.2) is 0 Å². The third-order valence-electron chi connectivity index (χ3n) is 0. The number of rotatable bonds is 0. The van der Waals surface area contributed by atoms with Crippen LogP contribution in [-0.4, -0.2) is 0 Å². The van der Waals surface area contributed by atoms with Gasteiger partial charge in [-0.05, 0) is 0 Å². The molecule has 89 valence electrons. The minimum atomic E-state index is 0. The normalized spacial score (nSPS) is 0. The van der Waals surface area contributed by atoms with E-state index in [4.69, 9.17) is 0 Å². The molecule has 0 saturated carbocycles. The first-order valence-corrected chi connectivity index (χ1v) is 0. The average molecular weight is 436 g/mol. The number of halogens is 4. The molecule has 0 aromatic heterocycles. The molecule has 0 aliphatic heterocycles. The first kappa shape index (κ1) is 683. The maximum Gasteiger partial charge on any atom is 0 e. The Morgan fingerprint density at radius 2 is 0.273 bits per heavy atom. The van der Waals surface area contributed by atoms with Gasteiger partial charge < -0.3 is 86.5 Å². The van der Waals surface area contributed by atoms with E-state index in [1.165, 1.54) is 0 Å². The van der Waals surface area contributed by atoms with Crippen LogP contribution in [0, 0.1) is 0 Å². The first-order chi connectivity index (χ1) is 0. The molecule has 0 rings (SSSR count). The molecule has 6 nitrogen and oxygen atoms in total. The molecule has 0 bridgehead atoms. The Bertz CT molecular complexity index is 14.5. The molecule has 0 heterocycles. The van der Waals surface area contributed by atoms with E-state index in [9.17, 15) is 0 Å². The van der Waals surface area contributed by atoms with Gasteiger partial charge in [-0.1, -0.05) is 0 Å². The van der Waals surface area contributed by atoms with Crippen LogP contribution in [0.4, 0.5) is 0 Å². The minimum Gasteiger partial charge on any atom is -1.00 e. The summed E-state index contributed by atoms with van der Waals surface area (Å²) in [5.74, 6) is 0. The van der Waals surface area contributed by atoms with Gasteiger partial charge in [-0.3, -0.25) is 0 Å². The van der Waals surface area contributed by atoms with E-state index in [2.05, 4.69) is 0 Å². The Balaban J connectivity index is 0. The van der Waals surface area contributed by atoms with Gasteiger partial charge in [0.1, 0.15) is 0 Å². The molecule has 11 heavy (non-hydrogen) atoms. The van der Waals surface area contributed by atoms with Gasteiger partial charge in [-0.15, -0.1) is 0 Å². The van der Waals surface area contributed by atoms with Crippen molar-refractivity contribution in [3.8, 4) is 0 Å². The molecule has 0 spiro atoms. The van der Waals surface area contributed by atoms with Gasteiger partial charge in [0.15, 0.2) is 0 Å². The van der Waals surface area contributed by atoms with Crippen LogP contribution in [0.15, 0.2) is 0 Å². The van der Waals surface area contributed by atoms with E-state index < -0.39 is 0 Å². The zero-order valence-electron chi connectivity index (χ0n) is 6.09. The average Bonchev–Trinajstić information content (AvgIpc) is 0. The van der Waals surface area contributed by atoms with E-state index in [1.807, 2.05) is 0 Å². The fraction of sp³-hybridized carbons (Fsp3) is 0. The van der Waals surface area contributed by atoms with Crippen molar-refractivity contribution in [2.75, 3.05) is 0 Å². The molecule has 11 heteroatoms. The van der Waals surface area contributed by atoms with Crippen molar-refractivity contribution in [2.45, 2.75) is 0 Å². The molecular weight excluding hydrogens is 418 g/mol. The summed E-state index contributed by atoms with van der Waals surface area (Å²) in [6.07, 6.45) is 0. The van der Waals surface area contributed by atoms with Crippen LogP contribution in [0.1, 0.15) is 0 Å². The maximum atomic E-state index is 0. The van der Waals surface area contributed by atoms with Crippen LogP contribution in [0.2, 0.25) is 0 Å². The van der Waals surface area contributed by atoms with E-state index >= 15 is 0 Å². The second kappa shape index (κ2) is 525. The Hall–Kier alpha value is 1.57. The van der Waals surface area contributed by atoms with Crippen molar-refractivity contribution in [1.82, 2.24) is 36.9 Å². The van der Waals surface area contributed by atoms with Gasteiger partial charge >= 0.3 is 0 Å². The van der Waals surface area contributed by atoms with Gasteiger partial charge in [0, 0.05) is 20.1 Å². The van der Waals surface area contributed by atoms with Gasteiger partial charge in [0.2, 0.25) is 0 Å². The third-order valence-corrected chi connectivity index (χ3v) is 0. The predicted molar refractivity (Wildman–Crippen MR) is 30.1 cm³/mol. The van der Waals surface area contributed by atoms with Crippen LogP contribution in [0.5, 0.6) is 0 Å². The standard InChI is InChI=1S/4ClH.Ir.6H3N/h4*1H;;6*1H3/p-4. The molecule has 0 unspecified atom stereocenters. The molecule has 18 N–H and O–H groups in total. The van der Waals surface area contributed by atoms with E-state index in [0.29, 0.717) is 0 Å². The summed E-state index contributed by atoms with van der Waals surface area (Å²) in [5, 5.41) is 0. The second-order valence-corrected chi connectivity index (χ2v) is 0. The Morgan fingerprint density at radius 1 is 0.273 bits per heavy atom. The first-order valence-electron chi connectivity index (χ1n) is 0. The van der Waals surface area contributed by atoms with E-state index in [-0.39, 0.29) is 107 Å². The molecule has 0 amide bonds. The summed E-state index contributed by atoms with van der Waals surface area (Å²) in [6.45, 7) is 0. The smallest absolute Gasteiger partial charge is 0 e. The summed E-state index contributed by atoms with van der Waals surface area (Å²) in [7, 11) is 0. The largest absolute Gasteiger partial charge is 1.00 e. The molecule has 0 saturated heterocycles. The van der Waals surface area contributed by atoms with Crippen LogP contribution < -0.4 is 86.5 Å². The fourth-order valence-corrected chi connectivity index (χ4v) is 0. The van der Waals surface area contributed by atoms with E-state index in [0.717, 1.165) is 0 Å². The minimum absolute atomic E-state index is 0. The van der Waals surface area contributed by atoms with Crippen molar-refractivity contribution in [3.05, 3.63) is 0 Å². The van der Waals surface area contributed by atoms with Gasteiger partial charge in [0.05, 0.1) is 0 Å². The van der Waals surface area contributed by atoms with Crippen molar-refractivity contribution in [1.29, 1.82) is 0 Å². The van der Waals surface area contributed by atoms with Crippen LogP contribution >= 0.6 is 0 Å². The Morgan fingerprint density at radius 3 is 0.273 bits per heavy atom. The summed E-state index contributed by atoms with van der Waals surface area (Å²) in [6, 6.07) is 0. The Kier molecular flexibility index (Phi) is 32600. The van der Waals surface area contributed by atoms with Crippen molar-refractivity contribution in [2.24, 2.45) is 0 Å².